The Kier molecular flexibility index (Phi) is 4.86. The number of halogens is 1. The molecule has 0 spiro atoms. The minimum Gasteiger partial charge on any atom is -0.486 e. The molecule has 1 N–H and O–H groups in total. The summed E-state index contributed by atoms with van der Waals surface area (Å²) in [4.78, 5) is 12.2. The van der Waals surface area contributed by atoms with E-state index in [4.69, 9.17) is 9.47 Å². The number of amides is 1. The Morgan fingerprint density at radius 3 is 2.74 bits per heavy atom. The van der Waals surface area contributed by atoms with Crippen LogP contribution in [-0.2, 0) is 11.2 Å². The molecule has 0 aromatic heterocycles. The van der Waals surface area contributed by atoms with E-state index in [-0.39, 0.29) is 11.9 Å². The second kappa shape index (κ2) is 7.04. The Bertz CT molecular complexity index is 717. The molecule has 1 atom stereocenters. The van der Waals surface area contributed by atoms with E-state index in [9.17, 15) is 4.79 Å². The first-order valence-electron chi connectivity index (χ1n) is 7.55. The van der Waals surface area contributed by atoms with Crippen molar-refractivity contribution < 1.29 is 14.3 Å². The third-order valence-electron chi connectivity index (χ3n) is 3.70. The molecule has 0 unspecified atom stereocenters. The molecule has 1 amide bonds. The number of carbonyl (C=O) groups excluding carboxylic acids is 1. The van der Waals surface area contributed by atoms with Gasteiger partial charge in [0.25, 0.3) is 0 Å². The summed E-state index contributed by atoms with van der Waals surface area (Å²) in [5.74, 6) is 1.49. The lowest BCUT2D eigenvalue weighted by Crippen LogP contribution is -2.28. The molecule has 0 saturated heterocycles. The summed E-state index contributed by atoms with van der Waals surface area (Å²) in [6.07, 6.45) is 0.355. The highest BCUT2D eigenvalue weighted by Gasteiger charge is 2.16. The summed E-state index contributed by atoms with van der Waals surface area (Å²) in [6, 6.07) is 13.4. The van der Waals surface area contributed by atoms with Crippen LogP contribution < -0.4 is 14.8 Å². The first-order valence-corrected chi connectivity index (χ1v) is 8.34. The smallest absolute Gasteiger partial charge is 0.224 e. The second-order valence-electron chi connectivity index (χ2n) is 5.50. The molecule has 1 aliphatic heterocycles. The van der Waals surface area contributed by atoms with Crippen molar-refractivity contribution >= 4 is 21.8 Å². The third-order valence-corrected chi connectivity index (χ3v) is 4.19. The molecule has 0 radical (unpaired) electrons. The van der Waals surface area contributed by atoms with E-state index in [0.29, 0.717) is 19.6 Å². The molecule has 0 saturated carbocycles. The van der Waals surface area contributed by atoms with Crippen LogP contribution >= 0.6 is 15.9 Å². The highest BCUT2D eigenvalue weighted by molar-refractivity contribution is 9.10. The molecular weight excluding hydrogens is 358 g/mol. The van der Waals surface area contributed by atoms with Crippen LogP contribution in [0.5, 0.6) is 11.5 Å². The average Bonchev–Trinajstić information content (AvgIpc) is 2.54. The maximum atomic E-state index is 12.2. The normalized spacial score (nSPS) is 14.2. The number of hydrogen-bond donors (Lipinski definition) is 1. The summed E-state index contributed by atoms with van der Waals surface area (Å²) in [7, 11) is 0. The highest BCUT2D eigenvalue weighted by Crippen LogP contribution is 2.32. The summed E-state index contributed by atoms with van der Waals surface area (Å²) in [5.41, 5.74) is 1.98. The largest absolute Gasteiger partial charge is 0.486 e. The van der Waals surface area contributed by atoms with Gasteiger partial charge in [-0.15, -0.1) is 0 Å². The van der Waals surface area contributed by atoms with Crippen molar-refractivity contribution in [3.8, 4) is 11.5 Å². The predicted octanol–water partition coefficient (Wildman–Crippen LogP) is 3.64. The lowest BCUT2D eigenvalue weighted by atomic mass is 10.1. The highest BCUT2D eigenvalue weighted by atomic mass is 79.9. The van der Waals surface area contributed by atoms with Gasteiger partial charge >= 0.3 is 0 Å². The van der Waals surface area contributed by atoms with Crippen LogP contribution in [0.2, 0.25) is 0 Å². The van der Waals surface area contributed by atoms with Gasteiger partial charge < -0.3 is 14.8 Å². The second-order valence-corrected chi connectivity index (χ2v) is 6.41. The number of ether oxygens (including phenoxy) is 2. The molecule has 3 rings (SSSR count). The lowest BCUT2D eigenvalue weighted by molar-refractivity contribution is -0.121. The van der Waals surface area contributed by atoms with Gasteiger partial charge in [-0.3, -0.25) is 4.79 Å². The molecule has 1 heterocycles. The van der Waals surface area contributed by atoms with Crippen molar-refractivity contribution in [1.82, 2.24) is 5.32 Å². The SMILES string of the molecule is C[C@H](NC(=O)Cc1cccc(Br)c1)c1ccc2c(c1)OCCO2. The number of carbonyl (C=O) groups is 1. The molecule has 0 fully saturated rings. The van der Waals surface area contributed by atoms with Crippen LogP contribution in [0.15, 0.2) is 46.9 Å². The Labute approximate surface area is 143 Å². The van der Waals surface area contributed by atoms with Gasteiger partial charge in [-0.2, -0.15) is 0 Å². The molecule has 4 nitrogen and oxygen atoms in total. The first kappa shape index (κ1) is 15.9. The van der Waals surface area contributed by atoms with Gasteiger partial charge in [-0.25, -0.2) is 0 Å². The van der Waals surface area contributed by atoms with Gasteiger partial charge in [0.05, 0.1) is 12.5 Å². The molecule has 1 aliphatic rings. The van der Waals surface area contributed by atoms with Crippen molar-refractivity contribution in [3.05, 3.63) is 58.1 Å². The van der Waals surface area contributed by atoms with Crippen molar-refractivity contribution in [2.24, 2.45) is 0 Å². The molecule has 23 heavy (non-hydrogen) atoms. The lowest BCUT2D eigenvalue weighted by Gasteiger charge is -2.21. The van der Waals surface area contributed by atoms with Gasteiger partial charge in [-0.05, 0) is 42.3 Å². The predicted molar refractivity (Wildman–Crippen MR) is 91.8 cm³/mol. The molecule has 0 bridgehead atoms. The number of nitrogens with one attached hydrogen (secondary N) is 1. The number of rotatable bonds is 4. The van der Waals surface area contributed by atoms with Crippen molar-refractivity contribution in [1.29, 1.82) is 0 Å². The topological polar surface area (TPSA) is 47.6 Å². The molecule has 120 valence electrons. The summed E-state index contributed by atoms with van der Waals surface area (Å²) >= 11 is 3.42. The fourth-order valence-corrected chi connectivity index (χ4v) is 2.98. The maximum absolute atomic E-state index is 12.2. The van der Waals surface area contributed by atoms with E-state index in [1.807, 2.05) is 49.4 Å². The Balaban J connectivity index is 1.64. The van der Waals surface area contributed by atoms with Crippen LogP contribution in [0.3, 0.4) is 0 Å². The molecule has 2 aromatic carbocycles. The fraction of sp³-hybridized carbons (Fsp3) is 0.278. The summed E-state index contributed by atoms with van der Waals surface area (Å²) in [6.45, 7) is 3.09. The zero-order valence-corrected chi connectivity index (χ0v) is 14.4. The standard InChI is InChI=1S/C18H18BrNO3/c1-12(14-5-6-16-17(11-14)23-8-7-22-16)20-18(21)10-13-3-2-4-15(19)9-13/h2-6,9,11-12H,7-8,10H2,1H3,(H,20,21)/t12-/m0/s1. The van der Waals surface area contributed by atoms with E-state index in [2.05, 4.69) is 21.2 Å². The van der Waals surface area contributed by atoms with E-state index in [1.165, 1.54) is 0 Å². The Morgan fingerprint density at radius 2 is 1.96 bits per heavy atom. The Hall–Kier alpha value is -2.01. The zero-order chi connectivity index (χ0) is 16.2. The number of hydrogen-bond acceptors (Lipinski definition) is 3. The zero-order valence-electron chi connectivity index (χ0n) is 12.8. The van der Waals surface area contributed by atoms with Gasteiger partial charge in [0.2, 0.25) is 5.91 Å². The number of fused-ring (bicyclic) bond motifs is 1. The summed E-state index contributed by atoms with van der Waals surface area (Å²) < 4.78 is 12.1. The molecule has 0 aliphatic carbocycles. The van der Waals surface area contributed by atoms with Crippen LogP contribution in [-0.4, -0.2) is 19.1 Å². The Morgan fingerprint density at radius 1 is 1.17 bits per heavy atom. The monoisotopic (exact) mass is 375 g/mol. The van der Waals surface area contributed by atoms with E-state index < -0.39 is 0 Å². The quantitative estimate of drug-likeness (QED) is 0.887. The van der Waals surface area contributed by atoms with Crippen molar-refractivity contribution in [3.63, 3.8) is 0 Å². The van der Waals surface area contributed by atoms with E-state index >= 15 is 0 Å². The van der Waals surface area contributed by atoms with Gasteiger partial charge in [-0.1, -0.05) is 34.1 Å². The summed E-state index contributed by atoms with van der Waals surface area (Å²) in [5, 5.41) is 3.02. The van der Waals surface area contributed by atoms with Gasteiger partial charge in [0.15, 0.2) is 11.5 Å². The minimum atomic E-state index is -0.0921. The van der Waals surface area contributed by atoms with Crippen LogP contribution in [0.25, 0.3) is 0 Å². The average molecular weight is 376 g/mol. The van der Waals surface area contributed by atoms with E-state index in [0.717, 1.165) is 27.1 Å². The van der Waals surface area contributed by atoms with Gasteiger partial charge in [0, 0.05) is 4.47 Å². The van der Waals surface area contributed by atoms with Gasteiger partial charge in [0.1, 0.15) is 13.2 Å². The third kappa shape index (κ3) is 4.05. The van der Waals surface area contributed by atoms with Crippen LogP contribution in [0, 0.1) is 0 Å². The van der Waals surface area contributed by atoms with E-state index in [1.54, 1.807) is 0 Å². The minimum absolute atomic E-state index is 0.00881. The first-order chi connectivity index (χ1) is 11.1. The maximum Gasteiger partial charge on any atom is 0.224 e. The molecule has 2 aromatic rings. The van der Waals surface area contributed by atoms with Crippen LogP contribution in [0.4, 0.5) is 0 Å². The van der Waals surface area contributed by atoms with Crippen molar-refractivity contribution in [2.45, 2.75) is 19.4 Å². The fourth-order valence-electron chi connectivity index (χ4n) is 2.54. The number of benzene rings is 2. The van der Waals surface area contributed by atoms with Crippen LogP contribution in [0.1, 0.15) is 24.1 Å². The van der Waals surface area contributed by atoms with Crippen molar-refractivity contribution in [2.75, 3.05) is 13.2 Å². The molecule has 5 heteroatoms. The molecular formula is C18H18BrNO3.